The van der Waals surface area contributed by atoms with Gasteiger partial charge in [-0.1, -0.05) is 11.6 Å². The van der Waals surface area contributed by atoms with Gasteiger partial charge >= 0.3 is 6.18 Å². The number of fused-ring (bicyclic) bond motifs is 2. The lowest BCUT2D eigenvalue weighted by Crippen LogP contribution is -2.37. The number of alkyl halides is 3. The highest BCUT2D eigenvalue weighted by atomic mass is 35.5. The van der Waals surface area contributed by atoms with E-state index in [-0.39, 0.29) is 28.6 Å². The molecule has 15 heteroatoms. The van der Waals surface area contributed by atoms with E-state index in [4.69, 9.17) is 11.6 Å². The number of carbonyl (C=O) groups is 2. The van der Waals surface area contributed by atoms with Crippen molar-refractivity contribution < 1.29 is 39.6 Å². The van der Waals surface area contributed by atoms with Crippen LogP contribution in [-0.4, -0.2) is 41.7 Å². The van der Waals surface area contributed by atoms with Crippen molar-refractivity contribution in [2.75, 3.05) is 26.6 Å². The molecule has 2 aliphatic rings. The minimum Gasteiger partial charge on any atom is -0.312 e. The molecule has 0 N–H and O–H groups in total. The van der Waals surface area contributed by atoms with Crippen molar-refractivity contribution in [1.82, 2.24) is 0 Å². The lowest BCUT2D eigenvalue weighted by molar-refractivity contribution is -0.137. The van der Waals surface area contributed by atoms with Crippen molar-refractivity contribution in [3.8, 4) is 0 Å². The van der Waals surface area contributed by atoms with Crippen LogP contribution in [0, 0.1) is 0 Å². The molecule has 0 spiro atoms. The van der Waals surface area contributed by atoms with Crippen LogP contribution in [0.5, 0.6) is 0 Å². The van der Waals surface area contributed by atoms with E-state index >= 15 is 0 Å². The quantitative estimate of drug-likeness (QED) is 0.397. The molecular weight excluding hydrogens is 619 g/mol. The number of amides is 2. The topological polar surface area (TPSA) is 112 Å². The number of benzene rings is 3. The normalized spacial score (nSPS) is 15.0. The first-order chi connectivity index (χ1) is 19.5. The van der Waals surface area contributed by atoms with Crippen LogP contribution in [-0.2, 0) is 48.7 Å². The van der Waals surface area contributed by atoms with Gasteiger partial charge in [0.1, 0.15) is 0 Å². The Hall–Kier alpha value is -3.62. The van der Waals surface area contributed by atoms with Crippen LogP contribution >= 0.6 is 11.6 Å². The SMILES string of the molecule is CC(=O)N1CCc2cc(S(=O)(=O)N(c3ccc(Cl)c(C(F)(F)F)c3)S(=O)(=O)c3ccc4c(c3)CCN4C(C)=O)ccc21. The zero-order chi connectivity index (χ0) is 30.8. The molecule has 0 aromatic heterocycles. The molecule has 42 heavy (non-hydrogen) atoms. The molecule has 0 fully saturated rings. The van der Waals surface area contributed by atoms with E-state index in [1.165, 1.54) is 47.9 Å². The number of hydrogen-bond acceptors (Lipinski definition) is 6. The summed E-state index contributed by atoms with van der Waals surface area (Å²) in [5.41, 5.74) is -0.404. The van der Waals surface area contributed by atoms with Gasteiger partial charge in [0, 0.05) is 38.3 Å². The Morgan fingerprint density at radius 3 is 1.62 bits per heavy atom. The predicted octanol–water partition coefficient (Wildman–Crippen LogP) is 4.76. The second-order valence-electron chi connectivity index (χ2n) is 9.79. The Bertz CT molecular complexity index is 1760. The van der Waals surface area contributed by atoms with Crippen molar-refractivity contribution >= 4 is 60.5 Å². The molecule has 3 aromatic rings. The first-order valence-electron chi connectivity index (χ1n) is 12.5. The summed E-state index contributed by atoms with van der Waals surface area (Å²) < 4.78 is 97.6. The van der Waals surface area contributed by atoms with Gasteiger partial charge in [-0.05, 0) is 78.6 Å². The van der Waals surface area contributed by atoms with E-state index in [0.717, 1.165) is 24.3 Å². The summed E-state index contributed by atoms with van der Waals surface area (Å²) in [4.78, 5) is 25.8. The van der Waals surface area contributed by atoms with Crippen LogP contribution in [0.2, 0.25) is 5.02 Å². The van der Waals surface area contributed by atoms with Crippen molar-refractivity contribution in [3.63, 3.8) is 0 Å². The summed E-state index contributed by atoms with van der Waals surface area (Å²) in [5, 5.41) is -0.746. The standard InChI is InChI=1S/C27H23ClF3N3O6S2/c1-16(35)32-11-9-18-13-21(4-7-25(18)32)41(37,38)34(20-3-6-24(28)23(15-20)27(29,30)31)42(39,40)22-5-8-26-19(14-22)10-12-33(26)17(2)36/h3-8,13-15H,9-12H2,1-2H3. The minimum absolute atomic E-state index is 0.0373. The van der Waals surface area contributed by atoms with E-state index in [2.05, 4.69) is 0 Å². The first-order valence-corrected chi connectivity index (χ1v) is 15.8. The van der Waals surface area contributed by atoms with E-state index in [1.807, 2.05) is 0 Å². The summed E-state index contributed by atoms with van der Waals surface area (Å²) in [5.74, 6) is -0.538. The monoisotopic (exact) mass is 641 g/mol. The Morgan fingerprint density at radius 2 is 1.21 bits per heavy atom. The van der Waals surface area contributed by atoms with E-state index in [1.54, 1.807) is 0 Å². The highest BCUT2D eigenvalue weighted by Gasteiger charge is 2.41. The van der Waals surface area contributed by atoms with Crippen LogP contribution in [0.15, 0.2) is 64.4 Å². The molecular formula is C27H23ClF3N3O6S2. The van der Waals surface area contributed by atoms with Gasteiger partial charge in [-0.15, -0.1) is 0 Å². The molecule has 222 valence electrons. The molecule has 2 amide bonds. The summed E-state index contributed by atoms with van der Waals surface area (Å²) in [6.45, 7) is 3.27. The Labute approximate surface area is 245 Å². The van der Waals surface area contributed by atoms with Gasteiger partial charge in [-0.25, -0.2) is 16.8 Å². The van der Waals surface area contributed by atoms with Crippen LogP contribution in [0.25, 0.3) is 0 Å². The zero-order valence-corrected chi connectivity index (χ0v) is 24.5. The molecule has 0 aliphatic carbocycles. The fraction of sp³-hybridized carbons (Fsp3) is 0.259. The molecule has 2 heterocycles. The largest absolute Gasteiger partial charge is 0.417 e. The first kappa shape index (κ1) is 29.9. The van der Waals surface area contributed by atoms with Gasteiger partial charge < -0.3 is 9.80 Å². The molecule has 0 saturated heterocycles. The van der Waals surface area contributed by atoms with Crippen LogP contribution in [0.4, 0.5) is 30.2 Å². The average molecular weight is 642 g/mol. The van der Waals surface area contributed by atoms with Gasteiger partial charge in [0.25, 0.3) is 20.0 Å². The molecule has 0 atom stereocenters. The third-order valence-electron chi connectivity index (χ3n) is 7.15. The fourth-order valence-corrected chi connectivity index (χ4v) is 9.18. The number of sulfonamides is 2. The summed E-state index contributed by atoms with van der Waals surface area (Å²) in [7, 11) is -10.1. The lowest BCUT2D eigenvalue weighted by atomic mass is 10.2. The van der Waals surface area contributed by atoms with Crippen LogP contribution < -0.4 is 13.5 Å². The highest BCUT2D eigenvalue weighted by Crippen LogP contribution is 2.41. The maximum atomic E-state index is 14.1. The zero-order valence-electron chi connectivity index (χ0n) is 22.1. The van der Waals surface area contributed by atoms with Gasteiger partial charge in [-0.3, -0.25) is 9.59 Å². The number of hydrogen-bond donors (Lipinski definition) is 0. The van der Waals surface area contributed by atoms with E-state index in [9.17, 15) is 39.6 Å². The molecule has 3 aromatic carbocycles. The summed E-state index contributed by atoms with van der Waals surface area (Å²) in [6.07, 6.45) is -4.43. The van der Waals surface area contributed by atoms with Crippen molar-refractivity contribution in [1.29, 1.82) is 0 Å². The number of nitrogens with zero attached hydrogens (tertiary/aromatic N) is 3. The molecule has 0 bridgehead atoms. The average Bonchev–Trinajstić information content (AvgIpc) is 3.52. The molecule has 5 rings (SSSR count). The smallest absolute Gasteiger partial charge is 0.312 e. The van der Waals surface area contributed by atoms with Crippen molar-refractivity contribution in [2.45, 2.75) is 42.7 Å². The van der Waals surface area contributed by atoms with Gasteiger partial charge in [0.05, 0.1) is 26.1 Å². The molecule has 0 saturated carbocycles. The highest BCUT2D eigenvalue weighted by molar-refractivity contribution is 8.10. The second-order valence-corrected chi connectivity index (χ2v) is 14.0. The van der Waals surface area contributed by atoms with Gasteiger partial charge in [0.15, 0.2) is 0 Å². The Balaban J connectivity index is 1.70. The van der Waals surface area contributed by atoms with Crippen molar-refractivity contribution in [3.05, 3.63) is 76.3 Å². The van der Waals surface area contributed by atoms with Gasteiger partial charge in [-0.2, -0.15) is 16.9 Å². The number of rotatable bonds is 5. The molecule has 0 radical (unpaired) electrons. The number of carbonyl (C=O) groups excluding carboxylic acids is 2. The molecule has 0 unspecified atom stereocenters. The fourth-order valence-electron chi connectivity index (χ4n) is 5.17. The van der Waals surface area contributed by atoms with Gasteiger partial charge in [0.2, 0.25) is 11.8 Å². The summed E-state index contributed by atoms with van der Waals surface area (Å²) in [6, 6.07) is 9.37. The number of anilines is 3. The van der Waals surface area contributed by atoms with Crippen LogP contribution in [0.1, 0.15) is 30.5 Å². The van der Waals surface area contributed by atoms with E-state index in [0.29, 0.717) is 41.4 Å². The Morgan fingerprint density at radius 1 is 0.762 bits per heavy atom. The second kappa shape index (κ2) is 10.3. The maximum Gasteiger partial charge on any atom is 0.417 e. The van der Waals surface area contributed by atoms with Crippen LogP contribution in [0.3, 0.4) is 0 Å². The van der Waals surface area contributed by atoms with Crippen molar-refractivity contribution in [2.24, 2.45) is 0 Å². The number of halogens is 4. The Kier molecular flexibility index (Phi) is 7.31. The lowest BCUT2D eigenvalue weighted by Gasteiger charge is -2.26. The molecule has 9 nitrogen and oxygen atoms in total. The minimum atomic E-state index is -5.07. The third-order valence-corrected chi connectivity index (χ3v) is 11.7. The van der Waals surface area contributed by atoms with E-state index < -0.39 is 52.3 Å². The molecule has 2 aliphatic heterocycles. The third kappa shape index (κ3) is 5.01. The predicted molar refractivity (Wildman–Crippen MR) is 150 cm³/mol. The summed E-state index contributed by atoms with van der Waals surface area (Å²) >= 11 is 5.75. The maximum absolute atomic E-state index is 14.1.